The summed E-state index contributed by atoms with van der Waals surface area (Å²) in [7, 11) is 0. The molecule has 1 aliphatic heterocycles. The van der Waals surface area contributed by atoms with Crippen LogP contribution in [0.1, 0.15) is 58.3 Å². The molecule has 0 aromatic carbocycles. The van der Waals surface area contributed by atoms with Crippen LogP contribution in [0.5, 0.6) is 0 Å². The maximum absolute atomic E-state index is 12.0. The van der Waals surface area contributed by atoms with Gasteiger partial charge in [-0.05, 0) is 44.3 Å². The van der Waals surface area contributed by atoms with Crippen LogP contribution in [0.15, 0.2) is 0 Å². The Bertz CT molecular complexity index is 277. The van der Waals surface area contributed by atoms with Crippen molar-refractivity contribution in [2.45, 2.75) is 75.7 Å². The van der Waals surface area contributed by atoms with Gasteiger partial charge in [0, 0.05) is 24.3 Å². The van der Waals surface area contributed by atoms with Crippen LogP contribution >= 0.6 is 11.8 Å². The van der Waals surface area contributed by atoms with Crippen molar-refractivity contribution in [2.24, 2.45) is 0 Å². The topological polar surface area (TPSA) is 38.3 Å². The van der Waals surface area contributed by atoms with Gasteiger partial charge in [-0.25, -0.2) is 0 Å². The third kappa shape index (κ3) is 5.35. The molecule has 2 rings (SSSR count). The van der Waals surface area contributed by atoms with Crippen molar-refractivity contribution in [2.75, 3.05) is 12.4 Å². The second kappa shape index (κ2) is 8.15. The lowest BCUT2D eigenvalue weighted by atomic mass is 9.94. The highest BCUT2D eigenvalue weighted by Gasteiger charge is 2.23. The van der Waals surface area contributed by atoms with Gasteiger partial charge in [0.1, 0.15) is 0 Å². The van der Waals surface area contributed by atoms with Gasteiger partial charge in [0.05, 0.1) is 6.10 Å². The molecule has 0 aromatic rings. The van der Waals surface area contributed by atoms with Crippen molar-refractivity contribution in [3.05, 3.63) is 0 Å². The van der Waals surface area contributed by atoms with Crippen LogP contribution in [-0.2, 0) is 9.53 Å². The molecule has 1 saturated heterocycles. The minimum Gasteiger partial charge on any atom is -0.378 e. The first-order valence-corrected chi connectivity index (χ1v) is 8.85. The van der Waals surface area contributed by atoms with Crippen molar-refractivity contribution in [3.63, 3.8) is 0 Å². The van der Waals surface area contributed by atoms with Gasteiger partial charge in [-0.1, -0.05) is 13.3 Å². The number of ether oxygens (including phenoxy) is 1. The molecule has 1 aliphatic carbocycles. The summed E-state index contributed by atoms with van der Waals surface area (Å²) in [4.78, 5) is 12.0. The summed E-state index contributed by atoms with van der Waals surface area (Å²) in [5.74, 6) is 1.41. The van der Waals surface area contributed by atoms with Crippen molar-refractivity contribution >= 4 is 17.7 Å². The predicted molar refractivity (Wildman–Crippen MR) is 80.5 cm³/mol. The molecule has 0 radical (unpaired) electrons. The van der Waals surface area contributed by atoms with E-state index in [9.17, 15) is 4.79 Å². The average molecular weight is 285 g/mol. The number of hydrogen-bond donors (Lipinski definition) is 1. The van der Waals surface area contributed by atoms with Crippen molar-refractivity contribution in [3.8, 4) is 0 Å². The molecule has 2 fully saturated rings. The minimum atomic E-state index is 0.225. The third-order valence-corrected chi connectivity index (χ3v) is 5.34. The first-order chi connectivity index (χ1) is 9.28. The maximum Gasteiger partial charge on any atom is 0.220 e. The van der Waals surface area contributed by atoms with E-state index >= 15 is 0 Å². The Hall–Kier alpha value is -0.220. The van der Waals surface area contributed by atoms with Gasteiger partial charge in [0.15, 0.2) is 0 Å². The molecule has 0 bridgehead atoms. The van der Waals surface area contributed by atoms with E-state index in [0.29, 0.717) is 18.6 Å². The fourth-order valence-corrected chi connectivity index (χ4v) is 4.30. The zero-order chi connectivity index (χ0) is 13.5. The third-order valence-electron chi connectivity index (χ3n) is 4.11. The van der Waals surface area contributed by atoms with Crippen LogP contribution in [-0.4, -0.2) is 35.7 Å². The molecule has 0 aromatic heterocycles. The Morgan fingerprint density at radius 1 is 1.32 bits per heavy atom. The fourth-order valence-electron chi connectivity index (χ4n) is 3.13. The van der Waals surface area contributed by atoms with E-state index in [4.69, 9.17) is 4.74 Å². The Labute approximate surface area is 121 Å². The molecule has 19 heavy (non-hydrogen) atoms. The van der Waals surface area contributed by atoms with Gasteiger partial charge in [0.25, 0.3) is 0 Å². The SMILES string of the molecule is CCS[C@@H]1CCC[C@@H](NC(=O)CC[C@@H]2CCCO2)C1. The Morgan fingerprint density at radius 2 is 2.21 bits per heavy atom. The van der Waals surface area contributed by atoms with Crippen LogP contribution in [0.25, 0.3) is 0 Å². The summed E-state index contributed by atoms with van der Waals surface area (Å²) in [6, 6.07) is 0.412. The highest BCUT2D eigenvalue weighted by Crippen LogP contribution is 2.28. The Kier molecular flexibility index (Phi) is 6.51. The van der Waals surface area contributed by atoms with Crippen LogP contribution in [0.2, 0.25) is 0 Å². The minimum absolute atomic E-state index is 0.225. The van der Waals surface area contributed by atoms with E-state index in [0.717, 1.165) is 44.0 Å². The number of carbonyl (C=O) groups is 1. The molecule has 4 heteroatoms. The number of thioether (sulfide) groups is 1. The molecule has 1 heterocycles. The van der Waals surface area contributed by atoms with Gasteiger partial charge in [0.2, 0.25) is 5.91 Å². The lowest BCUT2D eigenvalue weighted by Gasteiger charge is -2.29. The van der Waals surface area contributed by atoms with Crippen LogP contribution in [0.3, 0.4) is 0 Å². The normalized spacial score (nSPS) is 31.3. The van der Waals surface area contributed by atoms with Crippen LogP contribution < -0.4 is 5.32 Å². The fraction of sp³-hybridized carbons (Fsp3) is 0.933. The Morgan fingerprint density at radius 3 is 2.95 bits per heavy atom. The largest absolute Gasteiger partial charge is 0.378 e. The molecule has 0 unspecified atom stereocenters. The lowest BCUT2D eigenvalue weighted by Crippen LogP contribution is -2.39. The number of nitrogens with one attached hydrogen (secondary N) is 1. The molecule has 3 nitrogen and oxygen atoms in total. The van der Waals surface area contributed by atoms with E-state index in [1.54, 1.807) is 0 Å². The monoisotopic (exact) mass is 285 g/mol. The molecular formula is C15H27NO2S. The number of hydrogen-bond acceptors (Lipinski definition) is 3. The van der Waals surface area contributed by atoms with E-state index < -0.39 is 0 Å². The number of carbonyl (C=O) groups excluding carboxylic acids is 1. The average Bonchev–Trinajstić information content (AvgIpc) is 2.90. The van der Waals surface area contributed by atoms with Gasteiger partial charge in [-0.15, -0.1) is 0 Å². The lowest BCUT2D eigenvalue weighted by molar-refractivity contribution is -0.122. The van der Waals surface area contributed by atoms with Crippen molar-refractivity contribution < 1.29 is 9.53 Å². The molecule has 3 atom stereocenters. The van der Waals surface area contributed by atoms with Crippen LogP contribution in [0, 0.1) is 0 Å². The van der Waals surface area contributed by atoms with E-state index in [-0.39, 0.29) is 5.91 Å². The predicted octanol–water partition coefficient (Wildman–Crippen LogP) is 3.13. The van der Waals surface area contributed by atoms with Crippen molar-refractivity contribution in [1.82, 2.24) is 5.32 Å². The highest BCUT2D eigenvalue weighted by atomic mass is 32.2. The molecule has 1 N–H and O–H groups in total. The first kappa shape index (κ1) is 15.2. The summed E-state index contributed by atoms with van der Waals surface area (Å²) in [5, 5.41) is 3.98. The van der Waals surface area contributed by atoms with E-state index in [2.05, 4.69) is 12.2 Å². The number of rotatable bonds is 6. The van der Waals surface area contributed by atoms with E-state index in [1.165, 1.54) is 18.6 Å². The van der Waals surface area contributed by atoms with E-state index in [1.807, 2.05) is 11.8 Å². The summed E-state index contributed by atoms with van der Waals surface area (Å²) in [6.45, 7) is 3.10. The Balaban J connectivity index is 1.63. The first-order valence-electron chi connectivity index (χ1n) is 7.80. The number of amides is 1. The van der Waals surface area contributed by atoms with Gasteiger partial charge < -0.3 is 10.1 Å². The second-order valence-corrected chi connectivity index (χ2v) is 7.26. The molecule has 110 valence electrons. The van der Waals surface area contributed by atoms with Crippen LogP contribution in [0.4, 0.5) is 0 Å². The summed E-state index contributed by atoms with van der Waals surface area (Å²) in [6.07, 6.45) is 9.04. The summed E-state index contributed by atoms with van der Waals surface area (Å²) >= 11 is 2.05. The molecule has 0 spiro atoms. The highest BCUT2D eigenvalue weighted by molar-refractivity contribution is 7.99. The molecular weight excluding hydrogens is 258 g/mol. The quantitative estimate of drug-likeness (QED) is 0.815. The summed E-state index contributed by atoms with van der Waals surface area (Å²) < 4.78 is 5.56. The standard InChI is InChI=1S/C15H27NO2S/c1-2-19-14-7-3-5-12(11-14)16-15(17)9-8-13-6-4-10-18-13/h12-14H,2-11H2,1H3,(H,16,17)/t12-,13+,14-/m1/s1. The molecule has 2 aliphatic rings. The maximum atomic E-state index is 12.0. The summed E-state index contributed by atoms with van der Waals surface area (Å²) in [5.41, 5.74) is 0. The smallest absolute Gasteiger partial charge is 0.220 e. The van der Waals surface area contributed by atoms with Gasteiger partial charge >= 0.3 is 0 Å². The second-order valence-electron chi connectivity index (χ2n) is 5.68. The zero-order valence-corrected chi connectivity index (χ0v) is 12.8. The molecule has 1 amide bonds. The van der Waals surface area contributed by atoms with Gasteiger partial charge in [-0.2, -0.15) is 11.8 Å². The van der Waals surface area contributed by atoms with Crippen molar-refractivity contribution in [1.29, 1.82) is 0 Å². The molecule has 1 saturated carbocycles. The zero-order valence-electron chi connectivity index (χ0n) is 12.0. The van der Waals surface area contributed by atoms with Gasteiger partial charge in [-0.3, -0.25) is 4.79 Å².